The van der Waals surface area contributed by atoms with Crippen LogP contribution in [0.15, 0.2) is 18.2 Å². The summed E-state index contributed by atoms with van der Waals surface area (Å²) in [6.45, 7) is 4.31. The molecule has 0 bridgehead atoms. The first kappa shape index (κ1) is 19.4. The van der Waals surface area contributed by atoms with Gasteiger partial charge in [-0.1, -0.05) is 30.9 Å². The van der Waals surface area contributed by atoms with Crippen LogP contribution in [0.3, 0.4) is 0 Å². The molecule has 2 heterocycles. The van der Waals surface area contributed by atoms with Crippen molar-refractivity contribution >= 4 is 16.9 Å². The van der Waals surface area contributed by atoms with E-state index in [1.54, 1.807) is 0 Å². The van der Waals surface area contributed by atoms with E-state index >= 15 is 0 Å². The van der Waals surface area contributed by atoms with E-state index in [0.29, 0.717) is 11.6 Å². The molecular formula is C22H33N5O. The van der Waals surface area contributed by atoms with Gasteiger partial charge in [0.15, 0.2) is 0 Å². The summed E-state index contributed by atoms with van der Waals surface area (Å²) in [6.07, 6.45) is 11.2. The fourth-order valence-electron chi connectivity index (χ4n) is 4.71. The van der Waals surface area contributed by atoms with Gasteiger partial charge >= 0.3 is 0 Å². The molecule has 152 valence electrons. The molecule has 1 amide bonds. The predicted molar refractivity (Wildman–Crippen MR) is 112 cm³/mol. The lowest BCUT2D eigenvalue weighted by Crippen LogP contribution is -2.34. The first-order valence-corrected chi connectivity index (χ1v) is 11.0. The Bertz CT molecular complexity index is 789. The number of rotatable bonds is 6. The second kappa shape index (κ2) is 9.03. The molecule has 0 N–H and O–H groups in total. The maximum Gasteiger partial charge on any atom is 0.253 e. The minimum Gasteiger partial charge on any atom is -0.342 e. The third-order valence-corrected chi connectivity index (χ3v) is 6.40. The number of hydrogen-bond donors (Lipinski definition) is 0. The average molecular weight is 384 g/mol. The van der Waals surface area contributed by atoms with E-state index in [1.807, 2.05) is 30.1 Å². The van der Waals surface area contributed by atoms with Crippen molar-refractivity contribution in [1.29, 1.82) is 0 Å². The Morgan fingerprint density at radius 2 is 1.86 bits per heavy atom. The Morgan fingerprint density at radius 3 is 2.64 bits per heavy atom. The molecule has 0 atom stereocenters. The topological polar surface area (TPSA) is 54.3 Å². The Labute approximate surface area is 167 Å². The van der Waals surface area contributed by atoms with Crippen LogP contribution in [0.1, 0.15) is 74.2 Å². The standard InChI is InChI=1S/C22H33N5O/c1-25(13-8-16-26-14-6-3-7-15-26)22(28)18-11-12-21-20(17-18)23-24-27(21)19-9-4-2-5-10-19/h11-12,17,19H,2-10,13-16H2,1H3. The minimum atomic E-state index is 0.0766. The zero-order chi connectivity index (χ0) is 19.3. The van der Waals surface area contributed by atoms with Crippen LogP contribution in [0.2, 0.25) is 0 Å². The van der Waals surface area contributed by atoms with Crippen molar-refractivity contribution < 1.29 is 4.79 Å². The van der Waals surface area contributed by atoms with Gasteiger partial charge in [-0.05, 0) is 69.9 Å². The summed E-state index contributed by atoms with van der Waals surface area (Å²) < 4.78 is 2.07. The normalized spacial score (nSPS) is 19.2. The molecule has 0 spiro atoms. The molecule has 1 aliphatic carbocycles. The van der Waals surface area contributed by atoms with Crippen LogP contribution in [0.5, 0.6) is 0 Å². The summed E-state index contributed by atoms with van der Waals surface area (Å²) in [5.74, 6) is 0.0766. The van der Waals surface area contributed by atoms with Gasteiger partial charge in [-0.3, -0.25) is 4.79 Å². The van der Waals surface area contributed by atoms with Gasteiger partial charge in [0.05, 0.1) is 11.6 Å². The molecule has 2 fully saturated rings. The van der Waals surface area contributed by atoms with Crippen LogP contribution in [0.25, 0.3) is 11.0 Å². The van der Waals surface area contributed by atoms with Crippen molar-refractivity contribution in [2.45, 2.75) is 63.8 Å². The van der Waals surface area contributed by atoms with Crippen LogP contribution in [-0.2, 0) is 0 Å². The molecule has 28 heavy (non-hydrogen) atoms. The van der Waals surface area contributed by atoms with Crippen molar-refractivity contribution in [1.82, 2.24) is 24.8 Å². The fraction of sp³-hybridized carbons (Fsp3) is 0.682. The Kier molecular flexibility index (Phi) is 6.25. The quantitative estimate of drug-likeness (QED) is 0.759. The van der Waals surface area contributed by atoms with Crippen LogP contribution in [0.4, 0.5) is 0 Å². The monoisotopic (exact) mass is 383 g/mol. The van der Waals surface area contributed by atoms with Crippen LogP contribution in [0, 0.1) is 0 Å². The second-order valence-corrected chi connectivity index (χ2v) is 8.51. The van der Waals surface area contributed by atoms with E-state index in [1.165, 1.54) is 64.5 Å². The predicted octanol–water partition coefficient (Wildman–Crippen LogP) is 3.88. The van der Waals surface area contributed by atoms with Crippen LogP contribution < -0.4 is 0 Å². The van der Waals surface area contributed by atoms with Gasteiger partial charge in [0.1, 0.15) is 5.52 Å². The second-order valence-electron chi connectivity index (χ2n) is 8.51. The number of fused-ring (bicyclic) bond motifs is 1. The number of aromatic nitrogens is 3. The molecule has 2 aromatic rings. The van der Waals surface area contributed by atoms with E-state index < -0.39 is 0 Å². The summed E-state index contributed by atoms with van der Waals surface area (Å²) in [5, 5.41) is 8.76. The van der Waals surface area contributed by atoms with Crippen molar-refractivity contribution in [2.24, 2.45) is 0 Å². The molecule has 2 aliphatic rings. The number of amides is 1. The maximum absolute atomic E-state index is 12.8. The third kappa shape index (κ3) is 4.37. The van der Waals surface area contributed by atoms with Gasteiger partial charge in [0, 0.05) is 19.2 Å². The number of nitrogens with zero attached hydrogens (tertiary/aromatic N) is 5. The third-order valence-electron chi connectivity index (χ3n) is 6.40. The van der Waals surface area contributed by atoms with Gasteiger partial charge in [-0.2, -0.15) is 0 Å². The molecular weight excluding hydrogens is 350 g/mol. The molecule has 1 aliphatic heterocycles. The van der Waals surface area contributed by atoms with E-state index in [-0.39, 0.29) is 5.91 Å². The number of benzene rings is 1. The number of hydrogen-bond acceptors (Lipinski definition) is 4. The molecule has 6 nitrogen and oxygen atoms in total. The van der Waals surface area contributed by atoms with Gasteiger partial charge in [0.2, 0.25) is 0 Å². The van der Waals surface area contributed by atoms with E-state index in [0.717, 1.165) is 30.5 Å². The first-order chi connectivity index (χ1) is 13.7. The van der Waals surface area contributed by atoms with Crippen molar-refractivity contribution in [3.05, 3.63) is 23.8 Å². The summed E-state index contributed by atoms with van der Waals surface area (Å²) >= 11 is 0. The molecule has 0 unspecified atom stereocenters. The van der Waals surface area contributed by atoms with Gasteiger partial charge in [-0.25, -0.2) is 4.68 Å². The summed E-state index contributed by atoms with van der Waals surface area (Å²) in [6, 6.07) is 6.33. The summed E-state index contributed by atoms with van der Waals surface area (Å²) in [4.78, 5) is 17.2. The van der Waals surface area contributed by atoms with Crippen LogP contribution in [-0.4, -0.2) is 63.9 Å². The highest BCUT2D eigenvalue weighted by Crippen LogP contribution is 2.30. The minimum absolute atomic E-state index is 0.0766. The highest BCUT2D eigenvalue weighted by molar-refractivity contribution is 5.97. The smallest absolute Gasteiger partial charge is 0.253 e. The van der Waals surface area contributed by atoms with Crippen molar-refractivity contribution in [3.8, 4) is 0 Å². The lowest BCUT2D eigenvalue weighted by molar-refractivity contribution is 0.0787. The molecule has 1 saturated heterocycles. The Balaban J connectivity index is 1.36. The van der Waals surface area contributed by atoms with E-state index in [4.69, 9.17) is 0 Å². The molecule has 6 heteroatoms. The van der Waals surface area contributed by atoms with E-state index in [2.05, 4.69) is 19.9 Å². The number of piperidine rings is 1. The van der Waals surface area contributed by atoms with Gasteiger partial charge in [-0.15, -0.1) is 5.10 Å². The number of carbonyl (C=O) groups is 1. The average Bonchev–Trinajstić information content (AvgIpc) is 3.18. The lowest BCUT2D eigenvalue weighted by Gasteiger charge is -2.27. The molecule has 4 rings (SSSR count). The Morgan fingerprint density at radius 1 is 1.11 bits per heavy atom. The molecule has 0 radical (unpaired) electrons. The molecule has 1 aromatic carbocycles. The Hall–Kier alpha value is -1.95. The van der Waals surface area contributed by atoms with E-state index in [9.17, 15) is 4.79 Å². The van der Waals surface area contributed by atoms with Crippen molar-refractivity contribution in [2.75, 3.05) is 33.2 Å². The summed E-state index contributed by atoms with van der Waals surface area (Å²) in [7, 11) is 1.90. The molecule has 1 aromatic heterocycles. The number of likely N-dealkylation sites (tertiary alicyclic amines) is 1. The largest absolute Gasteiger partial charge is 0.342 e. The number of carbonyl (C=O) groups excluding carboxylic acids is 1. The SMILES string of the molecule is CN(CCCN1CCCCC1)C(=O)c1ccc2c(c1)nnn2C1CCCCC1. The maximum atomic E-state index is 12.8. The van der Waals surface area contributed by atoms with Gasteiger partial charge in [0.25, 0.3) is 5.91 Å². The highest BCUT2D eigenvalue weighted by Gasteiger charge is 2.20. The zero-order valence-electron chi connectivity index (χ0n) is 17.1. The summed E-state index contributed by atoms with van der Waals surface area (Å²) in [5.41, 5.74) is 2.60. The lowest BCUT2D eigenvalue weighted by atomic mass is 9.95. The zero-order valence-corrected chi connectivity index (χ0v) is 17.1. The van der Waals surface area contributed by atoms with Gasteiger partial charge < -0.3 is 9.80 Å². The van der Waals surface area contributed by atoms with Crippen molar-refractivity contribution in [3.63, 3.8) is 0 Å². The highest BCUT2D eigenvalue weighted by atomic mass is 16.2. The first-order valence-electron chi connectivity index (χ1n) is 11.0. The molecule has 1 saturated carbocycles. The fourth-order valence-corrected chi connectivity index (χ4v) is 4.71. The van der Waals surface area contributed by atoms with Crippen LogP contribution >= 0.6 is 0 Å².